The molecule has 0 fully saturated rings. The van der Waals surface area contributed by atoms with Gasteiger partial charge in [-0.3, -0.25) is 9.59 Å². The molecule has 5 nitrogen and oxygen atoms in total. The smallest absolute Gasteiger partial charge is 0.228 e. The lowest BCUT2D eigenvalue weighted by molar-refractivity contribution is -0.118. The Kier molecular flexibility index (Phi) is 5.03. The maximum atomic E-state index is 12.4. The summed E-state index contributed by atoms with van der Waals surface area (Å²) in [6.45, 7) is 2.46. The molecule has 25 heavy (non-hydrogen) atoms. The molecule has 2 amide bonds. The van der Waals surface area contributed by atoms with Gasteiger partial charge in [0.05, 0.1) is 18.7 Å². The number of nitrogens with one attached hydrogen (secondary N) is 1. The molecule has 1 aliphatic rings. The molecule has 0 unspecified atom stereocenters. The van der Waals surface area contributed by atoms with Gasteiger partial charge in [-0.1, -0.05) is 24.3 Å². The Hall–Kier alpha value is -2.82. The lowest BCUT2D eigenvalue weighted by atomic mass is 9.98. The van der Waals surface area contributed by atoms with Crippen molar-refractivity contribution in [3.05, 3.63) is 53.6 Å². The highest BCUT2D eigenvalue weighted by atomic mass is 16.5. The number of ether oxygens (including phenoxy) is 1. The number of hydrogen-bond acceptors (Lipinski definition) is 3. The van der Waals surface area contributed by atoms with Crippen LogP contribution in [0.25, 0.3) is 0 Å². The van der Waals surface area contributed by atoms with Gasteiger partial charge in [0, 0.05) is 19.2 Å². The van der Waals surface area contributed by atoms with Gasteiger partial charge in [0.1, 0.15) is 5.75 Å². The van der Waals surface area contributed by atoms with Crippen LogP contribution in [0.5, 0.6) is 5.75 Å². The SMILES string of the molecule is CCOc1ccccc1NC(=O)Cc1ccc2c(c1)CCC(=O)N2C. The van der Waals surface area contributed by atoms with Crippen LogP contribution in [0, 0.1) is 0 Å². The second kappa shape index (κ2) is 7.38. The summed E-state index contributed by atoms with van der Waals surface area (Å²) >= 11 is 0. The number of benzene rings is 2. The van der Waals surface area contributed by atoms with Gasteiger partial charge < -0.3 is 15.0 Å². The van der Waals surface area contributed by atoms with Crippen molar-refractivity contribution in [2.45, 2.75) is 26.2 Å². The van der Waals surface area contributed by atoms with E-state index in [4.69, 9.17) is 4.74 Å². The summed E-state index contributed by atoms with van der Waals surface area (Å²) in [6.07, 6.45) is 1.52. The van der Waals surface area contributed by atoms with Crippen molar-refractivity contribution in [2.75, 3.05) is 23.9 Å². The molecule has 1 N–H and O–H groups in total. The molecule has 2 aromatic carbocycles. The molecular weight excluding hydrogens is 316 g/mol. The molecule has 0 saturated heterocycles. The lowest BCUT2D eigenvalue weighted by Crippen LogP contribution is -2.31. The van der Waals surface area contributed by atoms with Crippen molar-refractivity contribution in [1.82, 2.24) is 0 Å². The highest BCUT2D eigenvalue weighted by molar-refractivity contribution is 5.96. The molecule has 2 aromatic rings. The average molecular weight is 338 g/mol. The van der Waals surface area contributed by atoms with Crippen LogP contribution in [0.4, 0.5) is 11.4 Å². The summed E-state index contributed by atoms with van der Waals surface area (Å²) in [7, 11) is 1.79. The molecule has 1 aliphatic heterocycles. The molecule has 1 heterocycles. The lowest BCUT2D eigenvalue weighted by Gasteiger charge is -2.26. The van der Waals surface area contributed by atoms with E-state index in [1.165, 1.54) is 0 Å². The zero-order valence-corrected chi connectivity index (χ0v) is 14.5. The summed E-state index contributed by atoms with van der Waals surface area (Å²) in [5, 5.41) is 2.91. The quantitative estimate of drug-likeness (QED) is 0.911. The number of fused-ring (bicyclic) bond motifs is 1. The minimum atomic E-state index is -0.0904. The summed E-state index contributed by atoms with van der Waals surface area (Å²) in [4.78, 5) is 25.8. The molecule has 0 spiro atoms. The van der Waals surface area contributed by atoms with Gasteiger partial charge in [0.15, 0.2) is 0 Å². The number of anilines is 2. The first-order chi connectivity index (χ1) is 12.1. The number of nitrogens with zero attached hydrogens (tertiary/aromatic N) is 1. The van der Waals surface area contributed by atoms with E-state index in [0.29, 0.717) is 24.5 Å². The Balaban J connectivity index is 1.71. The summed E-state index contributed by atoms with van der Waals surface area (Å²) in [5.41, 5.74) is 3.66. The van der Waals surface area contributed by atoms with Crippen molar-refractivity contribution in [3.63, 3.8) is 0 Å². The Morgan fingerprint density at radius 3 is 2.80 bits per heavy atom. The van der Waals surface area contributed by atoms with Gasteiger partial charge in [-0.15, -0.1) is 0 Å². The molecule has 5 heteroatoms. The molecule has 0 aliphatic carbocycles. The second-order valence-electron chi connectivity index (χ2n) is 6.07. The molecule has 130 valence electrons. The van der Waals surface area contributed by atoms with E-state index in [1.54, 1.807) is 11.9 Å². The van der Waals surface area contributed by atoms with Crippen LogP contribution in [0.15, 0.2) is 42.5 Å². The Bertz CT molecular complexity index is 801. The van der Waals surface area contributed by atoms with Crippen LogP contribution < -0.4 is 15.0 Å². The minimum Gasteiger partial charge on any atom is -0.492 e. The number of carbonyl (C=O) groups excluding carboxylic acids is 2. The molecule has 0 bridgehead atoms. The standard InChI is InChI=1S/C20H22N2O3/c1-3-25-18-7-5-4-6-16(18)21-19(23)13-14-8-10-17-15(12-14)9-11-20(24)22(17)2/h4-8,10,12H,3,9,11,13H2,1-2H3,(H,21,23). The van der Waals surface area contributed by atoms with Gasteiger partial charge in [-0.05, 0) is 42.7 Å². The van der Waals surface area contributed by atoms with E-state index < -0.39 is 0 Å². The summed E-state index contributed by atoms with van der Waals surface area (Å²) < 4.78 is 5.53. The number of rotatable bonds is 5. The Morgan fingerprint density at radius 2 is 2.00 bits per heavy atom. The fourth-order valence-electron chi connectivity index (χ4n) is 3.05. The highest BCUT2D eigenvalue weighted by Gasteiger charge is 2.21. The molecule has 0 saturated carbocycles. The van der Waals surface area contributed by atoms with E-state index in [2.05, 4.69) is 5.32 Å². The number of carbonyl (C=O) groups is 2. The number of aryl methyl sites for hydroxylation is 1. The zero-order chi connectivity index (χ0) is 17.8. The number of hydrogen-bond donors (Lipinski definition) is 1. The molecular formula is C20H22N2O3. The van der Waals surface area contributed by atoms with Crippen LogP contribution >= 0.6 is 0 Å². The van der Waals surface area contributed by atoms with Gasteiger partial charge in [0.25, 0.3) is 0 Å². The fourth-order valence-corrected chi connectivity index (χ4v) is 3.05. The van der Waals surface area contributed by atoms with Crippen molar-refractivity contribution in [1.29, 1.82) is 0 Å². The zero-order valence-electron chi connectivity index (χ0n) is 14.5. The number of amides is 2. The summed E-state index contributed by atoms with van der Waals surface area (Å²) in [6, 6.07) is 13.3. The van der Waals surface area contributed by atoms with Crippen LogP contribution in [-0.4, -0.2) is 25.5 Å². The molecule has 0 radical (unpaired) electrons. The minimum absolute atomic E-state index is 0.0904. The third-order valence-electron chi connectivity index (χ3n) is 4.31. The van der Waals surface area contributed by atoms with E-state index in [9.17, 15) is 9.59 Å². The first kappa shape index (κ1) is 17.0. The van der Waals surface area contributed by atoms with E-state index in [0.717, 1.165) is 23.2 Å². The van der Waals surface area contributed by atoms with Crippen LogP contribution in [0.1, 0.15) is 24.5 Å². The van der Waals surface area contributed by atoms with Gasteiger partial charge in [-0.25, -0.2) is 0 Å². The Labute approximate surface area is 147 Å². The molecule has 0 aromatic heterocycles. The predicted octanol–water partition coefficient (Wildman–Crippen LogP) is 3.18. The third kappa shape index (κ3) is 3.82. The van der Waals surface area contributed by atoms with Crippen molar-refractivity contribution >= 4 is 23.2 Å². The topological polar surface area (TPSA) is 58.6 Å². The van der Waals surface area contributed by atoms with Crippen molar-refractivity contribution < 1.29 is 14.3 Å². The van der Waals surface area contributed by atoms with E-state index >= 15 is 0 Å². The van der Waals surface area contributed by atoms with Gasteiger partial charge >= 0.3 is 0 Å². The van der Waals surface area contributed by atoms with Gasteiger partial charge in [-0.2, -0.15) is 0 Å². The Morgan fingerprint density at radius 1 is 1.20 bits per heavy atom. The number of para-hydroxylation sites is 2. The maximum absolute atomic E-state index is 12.4. The normalized spacial score (nSPS) is 13.4. The first-order valence-electron chi connectivity index (χ1n) is 8.48. The highest BCUT2D eigenvalue weighted by Crippen LogP contribution is 2.28. The molecule has 0 atom stereocenters. The van der Waals surface area contributed by atoms with Crippen molar-refractivity contribution in [3.8, 4) is 5.75 Å². The average Bonchev–Trinajstić information content (AvgIpc) is 2.60. The first-order valence-corrected chi connectivity index (χ1v) is 8.48. The predicted molar refractivity (Wildman–Crippen MR) is 98.1 cm³/mol. The van der Waals surface area contributed by atoms with E-state index in [-0.39, 0.29) is 18.2 Å². The van der Waals surface area contributed by atoms with Crippen LogP contribution in [-0.2, 0) is 22.4 Å². The molecule has 3 rings (SSSR count). The third-order valence-corrected chi connectivity index (χ3v) is 4.31. The largest absolute Gasteiger partial charge is 0.492 e. The fraction of sp³-hybridized carbons (Fsp3) is 0.300. The second-order valence-corrected chi connectivity index (χ2v) is 6.07. The summed E-state index contributed by atoms with van der Waals surface area (Å²) in [5.74, 6) is 0.710. The van der Waals surface area contributed by atoms with E-state index in [1.807, 2.05) is 49.4 Å². The maximum Gasteiger partial charge on any atom is 0.228 e. The van der Waals surface area contributed by atoms with Crippen LogP contribution in [0.2, 0.25) is 0 Å². The van der Waals surface area contributed by atoms with Crippen molar-refractivity contribution in [2.24, 2.45) is 0 Å². The van der Waals surface area contributed by atoms with Gasteiger partial charge in [0.2, 0.25) is 11.8 Å². The monoisotopic (exact) mass is 338 g/mol. The van der Waals surface area contributed by atoms with Crippen LogP contribution in [0.3, 0.4) is 0 Å².